The molecule has 0 fully saturated rings. The zero-order chi connectivity index (χ0) is 37.5. The molecular weight excluding hydrogens is 636 g/mol. The molecule has 0 rings (SSSR count). The fourth-order valence-electron chi connectivity index (χ4n) is 6.63. The Balaban J connectivity index is 4.31. The van der Waals surface area contributed by atoms with Crippen LogP contribution in [0.3, 0.4) is 0 Å². The average Bonchev–Trinajstić information content (AvgIpc) is 3.11. The monoisotopic (exact) mass is 723 g/mol. The molecule has 0 spiro atoms. The molecule has 51 heavy (non-hydrogen) atoms. The van der Waals surface area contributed by atoms with E-state index < -0.39 is 6.10 Å². The Hall–Kier alpha value is -1.59. The van der Waals surface area contributed by atoms with Gasteiger partial charge >= 0.3 is 17.9 Å². The van der Waals surface area contributed by atoms with Crippen LogP contribution in [0.2, 0.25) is 0 Å². The lowest BCUT2D eigenvalue weighted by Crippen LogP contribution is -2.30. The van der Waals surface area contributed by atoms with Crippen LogP contribution in [0.25, 0.3) is 0 Å². The van der Waals surface area contributed by atoms with E-state index in [0.29, 0.717) is 19.3 Å². The van der Waals surface area contributed by atoms with Gasteiger partial charge in [0.2, 0.25) is 0 Å². The third-order valence-electron chi connectivity index (χ3n) is 10.0. The Morgan fingerprint density at radius 1 is 0.373 bits per heavy atom. The average molecular weight is 723 g/mol. The molecule has 6 heteroatoms. The first-order valence-corrected chi connectivity index (χ1v) is 22.4. The molecule has 0 aliphatic heterocycles. The summed E-state index contributed by atoms with van der Waals surface area (Å²) in [4.78, 5) is 37.6. The third kappa shape index (κ3) is 39.5. The standard InChI is InChI=1S/C45H86O6/c1-5-7-9-11-13-15-17-18-19-21-24-28-32-36-43(46)49-39-42(51-45(48)38-34-30-25-20-16-14-12-10-8-6-2)40-50-44(47)37-33-29-26-22-23-27-31-35-41(3)4/h41-42H,5-40H2,1-4H3/t42-/m1/s1. The maximum atomic E-state index is 12.7. The van der Waals surface area contributed by atoms with Gasteiger partial charge in [-0.3, -0.25) is 14.4 Å². The van der Waals surface area contributed by atoms with Crippen LogP contribution >= 0.6 is 0 Å². The summed E-state index contributed by atoms with van der Waals surface area (Å²) in [6.45, 7) is 8.93. The fraction of sp³-hybridized carbons (Fsp3) is 0.933. The molecule has 0 N–H and O–H groups in total. The number of hydrogen-bond acceptors (Lipinski definition) is 6. The van der Waals surface area contributed by atoms with Crippen molar-refractivity contribution in [3.05, 3.63) is 0 Å². The molecule has 0 unspecified atom stereocenters. The number of ether oxygens (including phenoxy) is 3. The van der Waals surface area contributed by atoms with Gasteiger partial charge in [0.1, 0.15) is 13.2 Å². The maximum absolute atomic E-state index is 12.7. The molecule has 0 amide bonds. The Bertz CT molecular complexity index is 766. The Kier molecular flexibility index (Phi) is 38.4. The first-order valence-electron chi connectivity index (χ1n) is 22.4. The van der Waals surface area contributed by atoms with Crippen molar-refractivity contribution in [1.82, 2.24) is 0 Å². The van der Waals surface area contributed by atoms with Crippen molar-refractivity contribution in [2.24, 2.45) is 5.92 Å². The molecule has 0 aliphatic carbocycles. The zero-order valence-electron chi connectivity index (χ0n) is 34.6. The molecule has 0 aromatic heterocycles. The zero-order valence-corrected chi connectivity index (χ0v) is 34.6. The van der Waals surface area contributed by atoms with E-state index in [1.165, 1.54) is 141 Å². The van der Waals surface area contributed by atoms with E-state index >= 15 is 0 Å². The fourth-order valence-corrected chi connectivity index (χ4v) is 6.63. The molecule has 0 aliphatic rings. The van der Waals surface area contributed by atoms with E-state index in [-0.39, 0.29) is 31.1 Å². The lowest BCUT2D eigenvalue weighted by molar-refractivity contribution is -0.167. The summed E-state index contributed by atoms with van der Waals surface area (Å²) >= 11 is 0. The largest absolute Gasteiger partial charge is 0.462 e. The lowest BCUT2D eigenvalue weighted by atomic mass is 10.0. The van der Waals surface area contributed by atoms with Gasteiger partial charge in [-0.05, 0) is 25.2 Å². The predicted molar refractivity (Wildman–Crippen MR) is 215 cm³/mol. The van der Waals surface area contributed by atoms with Gasteiger partial charge in [0, 0.05) is 19.3 Å². The summed E-state index contributed by atoms with van der Waals surface area (Å²) in [5.41, 5.74) is 0. The van der Waals surface area contributed by atoms with Gasteiger partial charge in [-0.1, -0.05) is 207 Å². The summed E-state index contributed by atoms with van der Waals surface area (Å²) in [6.07, 6.45) is 38.0. The van der Waals surface area contributed by atoms with Crippen LogP contribution in [0.4, 0.5) is 0 Å². The van der Waals surface area contributed by atoms with E-state index in [1.54, 1.807) is 0 Å². The van der Waals surface area contributed by atoms with E-state index in [1.807, 2.05) is 0 Å². The molecule has 1 atom stereocenters. The van der Waals surface area contributed by atoms with Crippen LogP contribution in [-0.2, 0) is 28.6 Å². The highest BCUT2D eigenvalue weighted by molar-refractivity contribution is 5.71. The smallest absolute Gasteiger partial charge is 0.306 e. The van der Waals surface area contributed by atoms with Gasteiger partial charge < -0.3 is 14.2 Å². The highest BCUT2D eigenvalue weighted by Gasteiger charge is 2.19. The number of unbranched alkanes of at least 4 members (excludes halogenated alkanes) is 27. The Labute approximate surface area is 317 Å². The first-order chi connectivity index (χ1) is 24.9. The van der Waals surface area contributed by atoms with Crippen molar-refractivity contribution in [1.29, 1.82) is 0 Å². The number of carbonyl (C=O) groups is 3. The van der Waals surface area contributed by atoms with Crippen LogP contribution in [-0.4, -0.2) is 37.2 Å². The van der Waals surface area contributed by atoms with Crippen LogP contribution < -0.4 is 0 Å². The van der Waals surface area contributed by atoms with E-state index in [4.69, 9.17) is 14.2 Å². The van der Waals surface area contributed by atoms with Gasteiger partial charge in [0.05, 0.1) is 0 Å². The molecule has 0 aromatic carbocycles. The number of carbonyl (C=O) groups excluding carboxylic acids is 3. The van der Waals surface area contributed by atoms with Crippen LogP contribution in [0.5, 0.6) is 0 Å². The molecular formula is C45H86O6. The number of esters is 3. The molecule has 0 radical (unpaired) electrons. The highest BCUT2D eigenvalue weighted by Crippen LogP contribution is 2.16. The molecule has 0 bridgehead atoms. The summed E-state index contributed by atoms with van der Waals surface area (Å²) in [5, 5.41) is 0. The van der Waals surface area contributed by atoms with Crippen LogP contribution in [0.1, 0.15) is 246 Å². The summed E-state index contributed by atoms with van der Waals surface area (Å²) in [6, 6.07) is 0. The van der Waals surface area contributed by atoms with E-state index in [9.17, 15) is 14.4 Å². The van der Waals surface area contributed by atoms with E-state index in [2.05, 4.69) is 27.7 Å². The molecule has 0 saturated carbocycles. The third-order valence-corrected chi connectivity index (χ3v) is 10.0. The summed E-state index contributed by atoms with van der Waals surface area (Å²) in [7, 11) is 0. The van der Waals surface area contributed by atoms with Gasteiger partial charge in [0.25, 0.3) is 0 Å². The Morgan fingerprint density at radius 2 is 0.647 bits per heavy atom. The van der Waals surface area contributed by atoms with Crippen LogP contribution in [0, 0.1) is 5.92 Å². The van der Waals surface area contributed by atoms with Crippen LogP contribution in [0.15, 0.2) is 0 Å². The summed E-state index contributed by atoms with van der Waals surface area (Å²) in [5.74, 6) is -0.0773. The first kappa shape index (κ1) is 49.4. The minimum atomic E-state index is -0.758. The second-order valence-electron chi connectivity index (χ2n) is 15.8. The number of rotatable bonds is 40. The highest BCUT2D eigenvalue weighted by atomic mass is 16.6. The molecule has 302 valence electrons. The molecule has 0 aromatic rings. The normalized spacial score (nSPS) is 11.9. The molecule has 0 heterocycles. The van der Waals surface area contributed by atoms with Gasteiger partial charge in [-0.15, -0.1) is 0 Å². The van der Waals surface area contributed by atoms with Crippen molar-refractivity contribution >= 4 is 17.9 Å². The topological polar surface area (TPSA) is 78.9 Å². The SMILES string of the molecule is CCCCCCCCCCCCCCCC(=O)OC[C@H](COC(=O)CCCCCCCCCC(C)C)OC(=O)CCCCCCCCCCCC. The minimum Gasteiger partial charge on any atom is -0.462 e. The lowest BCUT2D eigenvalue weighted by Gasteiger charge is -2.18. The van der Waals surface area contributed by atoms with Gasteiger partial charge in [0.15, 0.2) is 6.10 Å². The number of hydrogen-bond donors (Lipinski definition) is 0. The van der Waals surface area contributed by atoms with Gasteiger partial charge in [-0.25, -0.2) is 0 Å². The van der Waals surface area contributed by atoms with Gasteiger partial charge in [-0.2, -0.15) is 0 Å². The van der Waals surface area contributed by atoms with Crippen molar-refractivity contribution in [3.8, 4) is 0 Å². The molecule has 6 nitrogen and oxygen atoms in total. The van der Waals surface area contributed by atoms with Crippen molar-refractivity contribution in [3.63, 3.8) is 0 Å². The summed E-state index contributed by atoms with van der Waals surface area (Å²) < 4.78 is 16.7. The quantitative estimate of drug-likeness (QED) is 0.0356. The van der Waals surface area contributed by atoms with E-state index in [0.717, 1.165) is 63.7 Å². The second kappa shape index (κ2) is 39.6. The Morgan fingerprint density at radius 3 is 0.961 bits per heavy atom. The predicted octanol–water partition coefficient (Wildman–Crippen LogP) is 13.9. The minimum absolute atomic E-state index is 0.0643. The second-order valence-corrected chi connectivity index (χ2v) is 15.8. The van der Waals surface area contributed by atoms with Crippen molar-refractivity contribution in [2.45, 2.75) is 252 Å². The maximum Gasteiger partial charge on any atom is 0.306 e. The molecule has 0 saturated heterocycles. The van der Waals surface area contributed by atoms with Crippen molar-refractivity contribution < 1.29 is 28.6 Å². The van der Waals surface area contributed by atoms with Crippen molar-refractivity contribution in [2.75, 3.05) is 13.2 Å².